The van der Waals surface area contributed by atoms with Crippen molar-refractivity contribution in [1.82, 2.24) is 5.32 Å². The third-order valence-corrected chi connectivity index (χ3v) is 4.32. The van der Waals surface area contributed by atoms with E-state index in [0.29, 0.717) is 12.0 Å². The van der Waals surface area contributed by atoms with Gasteiger partial charge in [0.05, 0.1) is 6.04 Å². The molecule has 4 atom stereocenters. The lowest BCUT2D eigenvalue weighted by Gasteiger charge is -2.32. The van der Waals surface area contributed by atoms with Crippen molar-refractivity contribution in [3.63, 3.8) is 0 Å². The Bertz CT molecular complexity index is 242. The van der Waals surface area contributed by atoms with E-state index in [9.17, 15) is 4.79 Å². The van der Waals surface area contributed by atoms with Crippen molar-refractivity contribution in [3.8, 4) is 0 Å². The first kappa shape index (κ1) is 14.5. The van der Waals surface area contributed by atoms with Crippen LogP contribution in [0.2, 0.25) is 0 Å². The highest BCUT2D eigenvalue weighted by Gasteiger charge is 2.28. The molecule has 3 N–H and O–H groups in total. The van der Waals surface area contributed by atoms with Gasteiger partial charge in [0.2, 0.25) is 5.91 Å². The van der Waals surface area contributed by atoms with Crippen molar-refractivity contribution in [2.75, 3.05) is 0 Å². The van der Waals surface area contributed by atoms with E-state index >= 15 is 0 Å². The quantitative estimate of drug-likeness (QED) is 0.775. The molecule has 1 rings (SSSR count). The molecule has 0 aromatic rings. The van der Waals surface area contributed by atoms with Crippen LogP contribution in [0.1, 0.15) is 59.3 Å². The molecule has 3 heteroatoms. The van der Waals surface area contributed by atoms with E-state index in [-0.39, 0.29) is 17.9 Å². The number of carbonyl (C=O) groups excluding carboxylic acids is 1. The predicted molar refractivity (Wildman–Crippen MR) is 71.6 cm³/mol. The van der Waals surface area contributed by atoms with E-state index in [1.54, 1.807) is 0 Å². The van der Waals surface area contributed by atoms with Crippen molar-refractivity contribution in [1.29, 1.82) is 0 Å². The van der Waals surface area contributed by atoms with Gasteiger partial charge in [0.1, 0.15) is 0 Å². The fraction of sp³-hybridized carbons (Fsp3) is 0.929. The Morgan fingerprint density at radius 2 is 2.00 bits per heavy atom. The largest absolute Gasteiger partial charge is 0.352 e. The van der Waals surface area contributed by atoms with Crippen LogP contribution >= 0.6 is 0 Å². The summed E-state index contributed by atoms with van der Waals surface area (Å²) in [6.45, 7) is 6.33. The highest BCUT2D eigenvalue weighted by Crippen LogP contribution is 2.26. The molecular weight excluding hydrogens is 212 g/mol. The first-order valence-corrected chi connectivity index (χ1v) is 7.16. The fourth-order valence-electron chi connectivity index (χ4n) is 2.68. The molecular formula is C14H28N2O. The van der Waals surface area contributed by atoms with Crippen molar-refractivity contribution >= 4 is 5.91 Å². The van der Waals surface area contributed by atoms with Gasteiger partial charge in [0.15, 0.2) is 0 Å². The van der Waals surface area contributed by atoms with Crippen molar-refractivity contribution in [3.05, 3.63) is 0 Å². The molecule has 0 saturated heterocycles. The molecule has 0 spiro atoms. The molecule has 1 saturated carbocycles. The Hall–Kier alpha value is -0.570. The molecule has 0 radical (unpaired) electrons. The second kappa shape index (κ2) is 7.00. The molecule has 3 nitrogen and oxygen atoms in total. The number of rotatable bonds is 5. The summed E-state index contributed by atoms with van der Waals surface area (Å²) in [6.07, 6.45) is 7.03. The van der Waals surface area contributed by atoms with E-state index in [1.807, 2.05) is 6.92 Å². The fourth-order valence-corrected chi connectivity index (χ4v) is 2.68. The zero-order chi connectivity index (χ0) is 12.8. The number of nitrogens with two attached hydrogens (primary N) is 1. The van der Waals surface area contributed by atoms with Gasteiger partial charge in [-0.05, 0) is 24.7 Å². The Morgan fingerprint density at radius 3 is 2.59 bits per heavy atom. The van der Waals surface area contributed by atoms with Crippen molar-refractivity contribution < 1.29 is 4.79 Å². The summed E-state index contributed by atoms with van der Waals surface area (Å²) in [7, 11) is 0. The summed E-state index contributed by atoms with van der Waals surface area (Å²) in [4.78, 5) is 12.0. The standard InChI is InChI=1S/C14H28N2O/c1-4-10(3)13(15)14(17)16-12-9-7-6-8-11(12)5-2/h10-13H,4-9,15H2,1-3H3,(H,16,17)/t10-,11?,12?,13-/m0/s1. The number of nitrogens with one attached hydrogen (secondary N) is 1. The van der Waals surface area contributed by atoms with Gasteiger partial charge in [-0.25, -0.2) is 0 Å². The SMILES string of the molecule is CCC1CCCCC1NC(=O)[C@@H](N)[C@@H](C)CC. The molecule has 1 fully saturated rings. The van der Waals surface area contributed by atoms with Gasteiger partial charge in [0.25, 0.3) is 0 Å². The van der Waals surface area contributed by atoms with Crippen LogP contribution in [0.15, 0.2) is 0 Å². The van der Waals surface area contributed by atoms with E-state index < -0.39 is 0 Å². The summed E-state index contributed by atoms with van der Waals surface area (Å²) < 4.78 is 0. The van der Waals surface area contributed by atoms with Gasteiger partial charge in [0, 0.05) is 6.04 Å². The summed E-state index contributed by atoms with van der Waals surface area (Å²) >= 11 is 0. The molecule has 1 aliphatic carbocycles. The van der Waals surface area contributed by atoms with E-state index in [0.717, 1.165) is 19.3 Å². The van der Waals surface area contributed by atoms with Crippen LogP contribution in [0.25, 0.3) is 0 Å². The third kappa shape index (κ3) is 3.98. The van der Waals surface area contributed by atoms with Crippen LogP contribution < -0.4 is 11.1 Å². The van der Waals surface area contributed by atoms with Crippen molar-refractivity contribution in [2.24, 2.45) is 17.6 Å². The molecule has 0 aromatic carbocycles. The lowest BCUT2D eigenvalue weighted by atomic mass is 9.82. The molecule has 0 aromatic heterocycles. The van der Waals surface area contributed by atoms with E-state index in [4.69, 9.17) is 5.73 Å². The molecule has 0 heterocycles. The zero-order valence-corrected chi connectivity index (χ0v) is 11.5. The second-order valence-corrected chi connectivity index (χ2v) is 5.48. The minimum Gasteiger partial charge on any atom is -0.352 e. The van der Waals surface area contributed by atoms with Gasteiger partial charge in [-0.1, -0.05) is 46.5 Å². The van der Waals surface area contributed by atoms with Gasteiger partial charge < -0.3 is 11.1 Å². The lowest BCUT2D eigenvalue weighted by molar-refractivity contribution is -0.124. The molecule has 1 amide bonds. The Labute approximate surface area is 106 Å². The minimum atomic E-state index is -0.348. The average molecular weight is 240 g/mol. The first-order valence-electron chi connectivity index (χ1n) is 7.16. The second-order valence-electron chi connectivity index (χ2n) is 5.48. The molecule has 17 heavy (non-hydrogen) atoms. The molecule has 1 aliphatic rings. The number of hydrogen-bond donors (Lipinski definition) is 2. The highest BCUT2D eigenvalue weighted by molar-refractivity contribution is 5.82. The first-order chi connectivity index (χ1) is 8.10. The van der Waals surface area contributed by atoms with Gasteiger partial charge in [-0.3, -0.25) is 4.79 Å². The number of carbonyl (C=O) groups is 1. The molecule has 0 bridgehead atoms. The number of amides is 1. The minimum absolute atomic E-state index is 0.0460. The summed E-state index contributed by atoms with van der Waals surface area (Å²) in [5.41, 5.74) is 5.96. The molecule has 100 valence electrons. The van der Waals surface area contributed by atoms with Crippen molar-refractivity contribution in [2.45, 2.75) is 71.4 Å². The maximum absolute atomic E-state index is 12.0. The third-order valence-electron chi connectivity index (χ3n) is 4.32. The van der Waals surface area contributed by atoms with Crippen LogP contribution in [0.3, 0.4) is 0 Å². The monoisotopic (exact) mass is 240 g/mol. The maximum atomic E-state index is 12.0. The smallest absolute Gasteiger partial charge is 0.237 e. The van der Waals surface area contributed by atoms with Crippen LogP contribution in [0.5, 0.6) is 0 Å². The predicted octanol–water partition coefficient (Wildman–Crippen LogP) is 2.44. The van der Waals surface area contributed by atoms with Crippen LogP contribution in [0, 0.1) is 11.8 Å². The van der Waals surface area contributed by atoms with Crippen LogP contribution in [-0.4, -0.2) is 18.0 Å². The Balaban J connectivity index is 2.48. The summed E-state index contributed by atoms with van der Waals surface area (Å²) in [6, 6.07) is 0.00999. The Kier molecular flexibility index (Phi) is 5.96. The van der Waals surface area contributed by atoms with E-state index in [1.165, 1.54) is 19.3 Å². The normalized spacial score (nSPS) is 28.5. The lowest BCUT2D eigenvalue weighted by Crippen LogP contribution is -2.51. The van der Waals surface area contributed by atoms with Gasteiger partial charge in [-0.15, -0.1) is 0 Å². The maximum Gasteiger partial charge on any atom is 0.237 e. The van der Waals surface area contributed by atoms with Gasteiger partial charge >= 0.3 is 0 Å². The number of hydrogen-bond acceptors (Lipinski definition) is 2. The van der Waals surface area contributed by atoms with Gasteiger partial charge in [-0.2, -0.15) is 0 Å². The highest BCUT2D eigenvalue weighted by atomic mass is 16.2. The Morgan fingerprint density at radius 1 is 1.35 bits per heavy atom. The molecule has 2 unspecified atom stereocenters. The average Bonchev–Trinajstić information content (AvgIpc) is 2.37. The van der Waals surface area contributed by atoms with Crippen LogP contribution in [-0.2, 0) is 4.79 Å². The topological polar surface area (TPSA) is 55.1 Å². The summed E-state index contributed by atoms with van der Waals surface area (Å²) in [5.74, 6) is 0.959. The molecule has 0 aliphatic heterocycles. The zero-order valence-electron chi connectivity index (χ0n) is 11.5. The van der Waals surface area contributed by atoms with Crippen LogP contribution in [0.4, 0.5) is 0 Å². The summed E-state index contributed by atoms with van der Waals surface area (Å²) in [5, 5.41) is 3.17. The van der Waals surface area contributed by atoms with E-state index in [2.05, 4.69) is 19.2 Å².